The van der Waals surface area contributed by atoms with Crippen LogP contribution in [0.25, 0.3) is 0 Å². The molecule has 0 saturated carbocycles. The summed E-state index contributed by atoms with van der Waals surface area (Å²) in [5, 5.41) is 9.78. The number of halogens is 1. The van der Waals surface area contributed by atoms with Gasteiger partial charge in [-0.05, 0) is 31.5 Å². The number of aromatic nitrogens is 1. The first-order valence-corrected chi connectivity index (χ1v) is 9.28. The Bertz CT molecular complexity index is 686. The highest BCUT2D eigenvalue weighted by atomic mass is 32.1. The molecule has 0 spiro atoms. The Morgan fingerprint density at radius 1 is 1.32 bits per heavy atom. The lowest BCUT2D eigenvalue weighted by molar-refractivity contribution is 0.626. The van der Waals surface area contributed by atoms with Crippen LogP contribution in [-0.2, 0) is 6.42 Å². The van der Waals surface area contributed by atoms with Gasteiger partial charge in [-0.2, -0.15) is 0 Å². The van der Waals surface area contributed by atoms with Gasteiger partial charge in [0.1, 0.15) is 5.82 Å². The number of hydrogen-bond donors (Lipinski definition) is 2. The molecule has 25 heavy (non-hydrogen) atoms. The lowest BCUT2D eigenvalue weighted by Gasteiger charge is -2.19. The van der Waals surface area contributed by atoms with Crippen LogP contribution in [0.2, 0.25) is 0 Å². The molecule has 0 radical (unpaired) electrons. The average Bonchev–Trinajstić information content (AvgIpc) is 3.02. The molecule has 0 aliphatic heterocycles. The fourth-order valence-electron chi connectivity index (χ4n) is 2.42. The molecular weight excluding hydrogens is 337 g/mol. The number of guanidine groups is 1. The van der Waals surface area contributed by atoms with Crippen LogP contribution in [0, 0.1) is 12.7 Å². The Labute approximate surface area is 153 Å². The Morgan fingerprint density at radius 2 is 2.12 bits per heavy atom. The Balaban J connectivity index is 1.63. The highest BCUT2D eigenvalue weighted by molar-refractivity contribution is 7.09. The van der Waals surface area contributed by atoms with Crippen LogP contribution in [0.3, 0.4) is 0 Å². The first-order chi connectivity index (χ1) is 12.1. The van der Waals surface area contributed by atoms with Crippen molar-refractivity contribution >= 4 is 23.0 Å². The topological polar surface area (TPSA) is 52.6 Å². The third-order valence-electron chi connectivity index (χ3n) is 3.78. The summed E-state index contributed by atoms with van der Waals surface area (Å²) in [4.78, 5) is 10.7. The monoisotopic (exact) mass is 363 g/mol. The minimum absolute atomic E-state index is 0.206. The normalized spacial score (nSPS) is 11.4. The number of aliphatic imine (C=N–C) groups is 1. The molecule has 0 amide bonds. The number of nitrogens with one attached hydrogen (secondary N) is 2. The van der Waals surface area contributed by atoms with Crippen molar-refractivity contribution in [2.24, 2.45) is 4.99 Å². The van der Waals surface area contributed by atoms with E-state index in [9.17, 15) is 4.39 Å². The largest absolute Gasteiger partial charge is 0.374 e. The molecule has 1 aromatic carbocycles. The summed E-state index contributed by atoms with van der Waals surface area (Å²) in [5.74, 6) is 0.586. The average molecular weight is 364 g/mol. The number of rotatable bonds is 8. The van der Waals surface area contributed by atoms with E-state index in [1.165, 1.54) is 6.07 Å². The lowest BCUT2D eigenvalue weighted by atomic mass is 10.2. The molecule has 2 N–H and O–H groups in total. The molecule has 0 atom stereocenters. The maximum Gasteiger partial charge on any atom is 0.190 e. The summed E-state index contributed by atoms with van der Waals surface area (Å²) in [6.07, 6.45) is 1.81. The molecule has 0 fully saturated rings. The zero-order valence-corrected chi connectivity index (χ0v) is 15.9. The number of hydrogen-bond acceptors (Lipinski definition) is 4. The molecule has 2 rings (SSSR count). The third kappa shape index (κ3) is 6.70. The van der Waals surface area contributed by atoms with E-state index in [4.69, 9.17) is 0 Å². The molecule has 0 saturated heterocycles. The van der Waals surface area contributed by atoms with Gasteiger partial charge in [0.25, 0.3) is 0 Å². The summed E-state index contributed by atoms with van der Waals surface area (Å²) in [6, 6.07) is 6.65. The minimum atomic E-state index is -0.206. The number of nitrogens with zero attached hydrogens (tertiary/aromatic N) is 3. The van der Waals surface area contributed by atoms with Crippen molar-refractivity contribution in [2.45, 2.75) is 19.8 Å². The Kier molecular flexibility index (Phi) is 7.66. The molecule has 7 heteroatoms. The highest BCUT2D eigenvalue weighted by Gasteiger charge is 2.03. The summed E-state index contributed by atoms with van der Waals surface area (Å²) in [7, 11) is 3.74. The first-order valence-electron chi connectivity index (χ1n) is 8.40. The van der Waals surface area contributed by atoms with Crippen LogP contribution in [0.15, 0.2) is 34.6 Å². The van der Waals surface area contributed by atoms with Gasteiger partial charge < -0.3 is 15.5 Å². The third-order valence-corrected chi connectivity index (χ3v) is 4.60. The van der Waals surface area contributed by atoms with Crippen molar-refractivity contribution in [3.05, 3.63) is 46.2 Å². The van der Waals surface area contributed by atoms with E-state index >= 15 is 0 Å². The SMILES string of the molecule is CN=C(NCCCN(C)c1cccc(F)c1)NCCc1csc(C)n1. The van der Waals surface area contributed by atoms with Gasteiger partial charge in [0.2, 0.25) is 0 Å². The first kappa shape index (κ1) is 19.2. The molecule has 136 valence electrons. The second-order valence-electron chi connectivity index (χ2n) is 5.79. The maximum atomic E-state index is 13.2. The summed E-state index contributed by atoms with van der Waals surface area (Å²) < 4.78 is 13.2. The lowest BCUT2D eigenvalue weighted by Crippen LogP contribution is -2.39. The van der Waals surface area contributed by atoms with Gasteiger partial charge in [0.05, 0.1) is 10.7 Å². The van der Waals surface area contributed by atoms with E-state index in [0.717, 1.165) is 54.8 Å². The maximum absolute atomic E-state index is 13.2. The van der Waals surface area contributed by atoms with Gasteiger partial charge >= 0.3 is 0 Å². The molecule has 1 aromatic heterocycles. The van der Waals surface area contributed by atoms with Crippen molar-refractivity contribution < 1.29 is 4.39 Å². The molecular formula is C18H26FN5S. The summed E-state index contributed by atoms with van der Waals surface area (Å²) in [5.41, 5.74) is 2.00. The van der Waals surface area contributed by atoms with E-state index < -0.39 is 0 Å². The fourth-order valence-corrected chi connectivity index (χ4v) is 3.07. The second kappa shape index (κ2) is 9.98. The van der Waals surface area contributed by atoms with Crippen LogP contribution in [-0.4, -0.2) is 44.7 Å². The van der Waals surface area contributed by atoms with E-state index in [-0.39, 0.29) is 5.82 Å². The predicted molar refractivity (Wildman–Crippen MR) is 104 cm³/mol. The second-order valence-corrected chi connectivity index (χ2v) is 6.85. The van der Waals surface area contributed by atoms with Gasteiger partial charge in [-0.25, -0.2) is 9.37 Å². The predicted octanol–water partition coefficient (Wildman–Crippen LogP) is 2.82. The van der Waals surface area contributed by atoms with Gasteiger partial charge in [-0.1, -0.05) is 6.07 Å². The minimum Gasteiger partial charge on any atom is -0.374 e. The quantitative estimate of drug-likeness (QED) is 0.430. The van der Waals surface area contributed by atoms with Crippen LogP contribution >= 0.6 is 11.3 Å². The number of benzene rings is 1. The van der Waals surface area contributed by atoms with Crippen LogP contribution < -0.4 is 15.5 Å². The van der Waals surface area contributed by atoms with Crippen molar-refractivity contribution in [1.29, 1.82) is 0 Å². The number of thiazole rings is 1. The van der Waals surface area contributed by atoms with E-state index in [1.54, 1.807) is 30.5 Å². The number of aryl methyl sites for hydroxylation is 1. The van der Waals surface area contributed by atoms with Crippen LogP contribution in [0.1, 0.15) is 17.1 Å². The van der Waals surface area contributed by atoms with E-state index in [1.807, 2.05) is 24.9 Å². The molecule has 5 nitrogen and oxygen atoms in total. The highest BCUT2D eigenvalue weighted by Crippen LogP contribution is 2.13. The van der Waals surface area contributed by atoms with Crippen LogP contribution in [0.5, 0.6) is 0 Å². The van der Waals surface area contributed by atoms with Gasteiger partial charge in [0.15, 0.2) is 5.96 Å². The Morgan fingerprint density at radius 3 is 2.80 bits per heavy atom. The summed E-state index contributed by atoms with van der Waals surface area (Å²) in [6.45, 7) is 4.45. The zero-order valence-electron chi connectivity index (χ0n) is 15.1. The zero-order chi connectivity index (χ0) is 18.1. The van der Waals surface area contributed by atoms with Gasteiger partial charge in [-0.3, -0.25) is 4.99 Å². The van der Waals surface area contributed by atoms with Gasteiger partial charge in [-0.15, -0.1) is 11.3 Å². The van der Waals surface area contributed by atoms with Crippen molar-refractivity contribution in [1.82, 2.24) is 15.6 Å². The molecule has 1 heterocycles. The molecule has 0 aliphatic carbocycles. The Hall–Kier alpha value is -2.15. The standard InChI is InChI=1S/C18H26FN5S/c1-14-23-16(13-25-14)8-10-22-18(20-2)21-9-5-11-24(3)17-7-4-6-15(19)12-17/h4,6-7,12-13H,5,8-11H2,1-3H3,(H2,20,21,22). The number of anilines is 1. The van der Waals surface area contributed by atoms with Gasteiger partial charge in [0, 0.05) is 51.2 Å². The molecule has 0 bridgehead atoms. The summed E-state index contributed by atoms with van der Waals surface area (Å²) >= 11 is 1.67. The van der Waals surface area contributed by atoms with E-state index in [2.05, 4.69) is 26.0 Å². The fraction of sp³-hybridized carbons (Fsp3) is 0.444. The van der Waals surface area contributed by atoms with Crippen molar-refractivity contribution in [3.63, 3.8) is 0 Å². The van der Waals surface area contributed by atoms with Crippen molar-refractivity contribution in [3.8, 4) is 0 Å². The van der Waals surface area contributed by atoms with E-state index in [0.29, 0.717) is 0 Å². The smallest absolute Gasteiger partial charge is 0.190 e. The molecule has 2 aromatic rings. The van der Waals surface area contributed by atoms with Crippen molar-refractivity contribution in [2.75, 3.05) is 38.6 Å². The van der Waals surface area contributed by atoms with Crippen LogP contribution in [0.4, 0.5) is 10.1 Å². The molecule has 0 unspecified atom stereocenters. The molecule has 0 aliphatic rings.